The number of alkyl halides is 3. The van der Waals surface area contributed by atoms with Crippen molar-refractivity contribution in [2.45, 2.75) is 37.9 Å². The summed E-state index contributed by atoms with van der Waals surface area (Å²) in [5.41, 5.74) is -0.0647. The molecule has 1 aromatic carbocycles. The van der Waals surface area contributed by atoms with E-state index < -0.39 is 11.7 Å². The third-order valence-corrected chi connectivity index (χ3v) is 5.47. The van der Waals surface area contributed by atoms with E-state index in [1.165, 1.54) is 6.07 Å². The van der Waals surface area contributed by atoms with Crippen LogP contribution in [0.4, 0.5) is 13.2 Å². The van der Waals surface area contributed by atoms with Crippen molar-refractivity contribution >= 4 is 36.4 Å². The van der Waals surface area contributed by atoms with Gasteiger partial charge in [0.05, 0.1) is 10.6 Å². The average molecular weight is 420 g/mol. The number of benzene rings is 1. The molecule has 1 aliphatic carbocycles. The first-order valence-corrected chi connectivity index (χ1v) is 8.66. The second-order valence-electron chi connectivity index (χ2n) is 6.48. The molecule has 1 N–H and O–H groups in total. The Labute approximate surface area is 164 Å². The van der Waals surface area contributed by atoms with E-state index in [4.69, 9.17) is 11.6 Å². The molecule has 3 rings (SSSR count). The molecule has 1 saturated heterocycles. The molecule has 0 amide bonds. The summed E-state index contributed by atoms with van der Waals surface area (Å²) in [6.07, 6.45) is 0.0484. The van der Waals surface area contributed by atoms with Crippen LogP contribution >= 0.6 is 36.4 Å². The highest BCUT2D eigenvalue weighted by molar-refractivity contribution is 6.32. The predicted molar refractivity (Wildman–Crippen MR) is 100 cm³/mol. The van der Waals surface area contributed by atoms with Gasteiger partial charge in [0, 0.05) is 32.2 Å². The molecular formula is C17H24Cl3F3N2. The number of hydrogen-bond donors (Lipinski definition) is 1. The van der Waals surface area contributed by atoms with E-state index in [2.05, 4.69) is 10.2 Å². The summed E-state index contributed by atoms with van der Waals surface area (Å²) in [7, 11) is 0. The van der Waals surface area contributed by atoms with Gasteiger partial charge < -0.3 is 5.32 Å². The van der Waals surface area contributed by atoms with E-state index in [9.17, 15) is 13.2 Å². The van der Waals surface area contributed by atoms with E-state index in [1.54, 1.807) is 6.07 Å². The average Bonchev–Trinajstić information content (AvgIpc) is 3.03. The Morgan fingerprint density at radius 1 is 1.08 bits per heavy atom. The molecule has 2 fully saturated rings. The van der Waals surface area contributed by atoms with Gasteiger partial charge in [-0.05, 0) is 30.4 Å². The van der Waals surface area contributed by atoms with E-state index in [1.807, 2.05) is 0 Å². The summed E-state index contributed by atoms with van der Waals surface area (Å²) < 4.78 is 39.6. The Bertz CT molecular complexity index is 542. The normalized spacial score (nSPS) is 20.6. The van der Waals surface area contributed by atoms with Crippen LogP contribution in [-0.4, -0.2) is 31.1 Å². The van der Waals surface area contributed by atoms with Crippen LogP contribution in [-0.2, 0) is 6.18 Å². The van der Waals surface area contributed by atoms with Crippen LogP contribution in [0.5, 0.6) is 0 Å². The molecule has 0 radical (unpaired) electrons. The summed E-state index contributed by atoms with van der Waals surface area (Å²) in [5, 5.41) is 3.19. The molecular weight excluding hydrogens is 396 g/mol. The van der Waals surface area contributed by atoms with Crippen molar-refractivity contribution in [2.75, 3.05) is 26.2 Å². The van der Waals surface area contributed by atoms with Crippen LogP contribution in [0.25, 0.3) is 0 Å². The Balaban J connectivity index is 0.00000156. The number of nitrogens with one attached hydrogen (secondary N) is 1. The molecule has 0 spiro atoms. The number of hydrogen-bond acceptors (Lipinski definition) is 2. The number of nitrogens with zero attached hydrogens (tertiary/aromatic N) is 1. The molecule has 1 aromatic rings. The molecule has 1 heterocycles. The van der Waals surface area contributed by atoms with Gasteiger partial charge in [-0.2, -0.15) is 13.2 Å². The summed E-state index contributed by atoms with van der Waals surface area (Å²) in [6, 6.07) is 4.35. The number of rotatable bonds is 3. The lowest BCUT2D eigenvalue weighted by molar-refractivity contribution is -0.137. The number of piperazine rings is 1. The lowest BCUT2D eigenvalue weighted by Crippen LogP contribution is -2.46. The predicted octanol–water partition coefficient (Wildman–Crippen LogP) is 5.34. The molecule has 25 heavy (non-hydrogen) atoms. The molecule has 0 unspecified atom stereocenters. The monoisotopic (exact) mass is 418 g/mol. The lowest BCUT2D eigenvalue weighted by atomic mass is 9.88. The van der Waals surface area contributed by atoms with Crippen LogP contribution in [0.2, 0.25) is 5.02 Å². The maximum absolute atomic E-state index is 13.2. The maximum atomic E-state index is 13.2. The van der Waals surface area contributed by atoms with Crippen LogP contribution < -0.4 is 5.32 Å². The first kappa shape index (κ1) is 22.8. The van der Waals surface area contributed by atoms with Crippen molar-refractivity contribution in [2.24, 2.45) is 5.92 Å². The Morgan fingerprint density at radius 3 is 2.24 bits per heavy atom. The van der Waals surface area contributed by atoms with Gasteiger partial charge in [0.1, 0.15) is 0 Å². The summed E-state index contributed by atoms with van der Waals surface area (Å²) in [5.74, 6) is 0.397. The maximum Gasteiger partial charge on any atom is 0.417 e. The topological polar surface area (TPSA) is 15.3 Å². The highest BCUT2D eigenvalue weighted by Crippen LogP contribution is 2.45. The fraction of sp³-hybridized carbons (Fsp3) is 0.647. The molecule has 8 heteroatoms. The van der Waals surface area contributed by atoms with Crippen molar-refractivity contribution in [1.82, 2.24) is 10.2 Å². The van der Waals surface area contributed by atoms with Gasteiger partial charge in [0.2, 0.25) is 0 Å². The minimum absolute atomic E-state index is 0. The van der Waals surface area contributed by atoms with Crippen molar-refractivity contribution in [3.8, 4) is 0 Å². The van der Waals surface area contributed by atoms with Crippen LogP contribution in [0.3, 0.4) is 0 Å². The summed E-state index contributed by atoms with van der Waals surface area (Å²) in [6.45, 7) is 3.46. The first-order chi connectivity index (χ1) is 11.0. The molecule has 1 atom stereocenters. The van der Waals surface area contributed by atoms with Crippen molar-refractivity contribution in [3.63, 3.8) is 0 Å². The smallest absolute Gasteiger partial charge is 0.314 e. The minimum Gasteiger partial charge on any atom is -0.314 e. The first-order valence-electron chi connectivity index (χ1n) is 8.29. The lowest BCUT2D eigenvalue weighted by Gasteiger charge is -2.39. The fourth-order valence-corrected chi connectivity index (χ4v) is 4.32. The zero-order valence-electron chi connectivity index (χ0n) is 13.8. The summed E-state index contributed by atoms with van der Waals surface area (Å²) in [4.78, 5) is 2.31. The molecule has 0 bridgehead atoms. The molecule has 1 saturated carbocycles. The van der Waals surface area contributed by atoms with E-state index in [0.717, 1.165) is 57.9 Å². The zero-order valence-corrected chi connectivity index (χ0v) is 16.2. The quantitative estimate of drug-likeness (QED) is 0.711. The molecule has 1 aliphatic heterocycles. The van der Waals surface area contributed by atoms with Crippen molar-refractivity contribution in [3.05, 3.63) is 34.3 Å². The Hall–Kier alpha value is -0.200. The van der Waals surface area contributed by atoms with Gasteiger partial charge in [-0.1, -0.05) is 36.6 Å². The van der Waals surface area contributed by atoms with Gasteiger partial charge in [0.25, 0.3) is 0 Å². The molecule has 2 aliphatic rings. The second kappa shape index (κ2) is 9.65. The van der Waals surface area contributed by atoms with Crippen LogP contribution in [0, 0.1) is 5.92 Å². The van der Waals surface area contributed by atoms with Crippen molar-refractivity contribution in [1.29, 1.82) is 0 Å². The van der Waals surface area contributed by atoms with E-state index in [0.29, 0.717) is 11.5 Å². The molecule has 2 nitrogen and oxygen atoms in total. The van der Waals surface area contributed by atoms with E-state index in [-0.39, 0.29) is 35.9 Å². The van der Waals surface area contributed by atoms with Crippen LogP contribution in [0.1, 0.15) is 42.9 Å². The van der Waals surface area contributed by atoms with Gasteiger partial charge >= 0.3 is 6.18 Å². The zero-order chi connectivity index (χ0) is 16.4. The van der Waals surface area contributed by atoms with Gasteiger partial charge in [0.15, 0.2) is 0 Å². The third kappa shape index (κ3) is 5.16. The Morgan fingerprint density at radius 2 is 1.68 bits per heavy atom. The van der Waals surface area contributed by atoms with Crippen molar-refractivity contribution < 1.29 is 13.2 Å². The van der Waals surface area contributed by atoms with Gasteiger partial charge in [-0.15, -0.1) is 24.8 Å². The minimum atomic E-state index is -4.41. The largest absolute Gasteiger partial charge is 0.417 e. The highest BCUT2D eigenvalue weighted by Gasteiger charge is 2.38. The van der Waals surface area contributed by atoms with E-state index >= 15 is 0 Å². The SMILES string of the molecule is Cl.Cl.FC(F)(F)c1cccc([C@H](C2CCCC2)N2CCNCC2)c1Cl. The Kier molecular flexibility index (Phi) is 8.82. The third-order valence-electron chi connectivity index (χ3n) is 5.04. The second-order valence-corrected chi connectivity index (χ2v) is 6.86. The highest BCUT2D eigenvalue weighted by atomic mass is 35.5. The summed E-state index contributed by atoms with van der Waals surface area (Å²) >= 11 is 6.22. The standard InChI is InChI=1S/C17H22ClF3N2.2ClH/c18-15-13(6-3-7-14(15)17(19,20)21)16(12-4-1-2-5-12)23-10-8-22-9-11-23;;/h3,6-7,12,16,22H,1-2,4-5,8-11H2;2*1H/t16-;;/m0../s1. The molecule has 144 valence electrons. The number of halogens is 6. The fourth-order valence-electron chi connectivity index (χ4n) is 3.98. The van der Waals surface area contributed by atoms with Gasteiger partial charge in [-0.3, -0.25) is 4.90 Å². The van der Waals surface area contributed by atoms with Gasteiger partial charge in [-0.25, -0.2) is 0 Å². The van der Waals surface area contributed by atoms with Crippen LogP contribution in [0.15, 0.2) is 18.2 Å². The molecule has 0 aromatic heterocycles.